The van der Waals surface area contributed by atoms with E-state index in [1.807, 2.05) is 0 Å². The zero-order valence-corrected chi connectivity index (χ0v) is 12.4. The molecular formula is C14H19F2NO2S. The largest absolute Gasteiger partial charge is 0.381 e. The van der Waals surface area contributed by atoms with Gasteiger partial charge in [-0.2, -0.15) is 8.78 Å². The summed E-state index contributed by atoms with van der Waals surface area (Å²) in [6.45, 7) is 4.30. The number of rotatable bonds is 4. The number of anilines is 1. The maximum atomic E-state index is 12.7. The summed E-state index contributed by atoms with van der Waals surface area (Å²) in [7, 11) is -4.57. The number of alkyl halides is 2. The summed E-state index contributed by atoms with van der Waals surface area (Å²) in [5.74, 6) is -3.40. The first-order chi connectivity index (χ1) is 9.22. The Morgan fingerprint density at radius 1 is 1.30 bits per heavy atom. The minimum Gasteiger partial charge on any atom is -0.381 e. The second kappa shape index (κ2) is 5.31. The van der Waals surface area contributed by atoms with Gasteiger partial charge in [0.2, 0.25) is 9.84 Å². The summed E-state index contributed by atoms with van der Waals surface area (Å²) < 4.78 is 48.7. The standard InChI is InChI=1S/C14H19F2NO2S/c1-14(2)8-7-10(9-14)17-11-5-3-4-6-12(11)20(18,19)13(15)16/h3-6,10,13,17H,7-9H2,1-2H3. The topological polar surface area (TPSA) is 46.2 Å². The van der Waals surface area contributed by atoms with Crippen molar-refractivity contribution in [2.75, 3.05) is 5.32 Å². The van der Waals surface area contributed by atoms with Crippen LogP contribution in [0.15, 0.2) is 29.2 Å². The molecule has 1 saturated carbocycles. The molecule has 0 aliphatic heterocycles. The molecule has 0 saturated heterocycles. The van der Waals surface area contributed by atoms with Crippen molar-refractivity contribution in [3.63, 3.8) is 0 Å². The summed E-state index contributed by atoms with van der Waals surface area (Å²) in [6, 6.07) is 6.00. The van der Waals surface area contributed by atoms with Gasteiger partial charge in [-0.05, 0) is 36.8 Å². The Morgan fingerprint density at radius 2 is 1.95 bits per heavy atom. The molecule has 1 aromatic rings. The SMILES string of the molecule is CC1(C)CCC(Nc2ccccc2S(=O)(=O)C(F)F)C1. The molecule has 1 unspecified atom stereocenters. The second-order valence-corrected chi connectivity index (χ2v) is 7.94. The highest BCUT2D eigenvalue weighted by Crippen LogP contribution is 2.39. The van der Waals surface area contributed by atoms with Crippen molar-refractivity contribution in [1.29, 1.82) is 0 Å². The zero-order chi connectivity index (χ0) is 15.0. The number of hydrogen-bond donors (Lipinski definition) is 1. The molecule has 1 aromatic carbocycles. The van der Waals surface area contributed by atoms with Crippen LogP contribution in [0.5, 0.6) is 0 Å². The van der Waals surface area contributed by atoms with E-state index in [-0.39, 0.29) is 22.0 Å². The number of halogens is 2. The molecule has 20 heavy (non-hydrogen) atoms. The van der Waals surface area contributed by atoms with Crippen LogP contribution >= 0.6 is 0 Å². The molecule has 2 rings (SSSR count). The molecule has 1 aliphatic carbocycles. The lowest BCUT2D eigenvalue weighted by Gasteiger charge is -2.20. The first-order valence-electron chi connectivity index (χ1n) is 6.60. The monoisotopic (exact) mass is 303 g/mol. The summed E-state index contributed by atoms with van der Waals surface area (Å²) in [5, 5.41) is 3.11. The summed E-state index contributed by atoms with van der Waals surface area (Å²) in [6.07, 6.45) is 2.85. The van der Waals surface area contributed by atoms with E-state index in [0.29, 0.717) is 0 Å². The third-order valence-electron chi connectivity index (χ3n) is 3.76. The summed E-state index contributed by atoms with van der Waals surface area (Å²) >= 11 is 0. The lowest BCUT2D eigenvalue weighted by Crippen LogP contribution is -2.20. The first-order valence-corrected chi connectivity index (χ1v) is 8.15. The molecule has 0 bridgehead atoms. The molecule has 0 aromatic heterocycles. The third kappa shape index (κ3) is 3.11. The van der Waals surface area contributed by atoms with Crippen LogP contribution in [-0.2, 0) is 9.84 Å². The quantitative estimate of drug-likeness (QED) is 0.923. The molecule has 1 fully saturated rings. The Bertz CT molecular complexity index is 585. The van der Waals surface area contributed by atoms with E-state index in [9.17, 15) is 17.2 Å². The van der Waals surface area contributed by atoms with Crippen molar-refractivity contribution in [2.24, 2.45) is 5.41 Å². The van der Waals surface area contributed by atoms with Crippen LogP contribution in [0, 0.1) is 5.41 Å². The van der Waals surface area contributed by atoms with Crippen molar-refractivity contribution in [1.82, 2.24) is 0 Å². The third-order valence-corrected chi connectivity index (χ3v) is 5.19. The summed E-state index contributed by atoms with van der Waals surface area (Å²) in [4.78, 5) is -0.320. The molecule has 0 amide bonds. The molecule has 0 heterocycles. The molecule has 1 aliphatic rings. The minimum absolute atomic E-state index is 0.124. The highest BCUT2D eigenvalue weighted by molar-refractivity contribution is 7.91. The minimum atomic E-state index is -4.57. The van der Waals surface area contributed by atoms with E-state index >= 15 is 0 Å². The highest BCUT2D eigenvalue weighted by atomic mass is 32.2. The smallest absolute Gasteiger partial charge is 0.341 e. The fourth-order valence-corrected chi connectivity index (χ4v) is 3.60. The zero-order valence-electron chi connectivity index (χ0n) is 11.6. The second-order valence-electron chi connectivity index (χ2n) is 6.05. The average Bonchev–Trinajstić information content (AvgIpc) is 2.69. The summed E-state index contributed by atoms with van der Waals surface area (Å²) in [5.41, 5.74) is 0.476. The first kappa shape index (κ1) is 15.2. The van der Waals surface area contributed by atoms with Crippen LogP contribution in [0.25, 0.3) is 0 Å². The van der Waals surface area contributed by atoms with E-state index in [1.165, 1.54) is 12.1 Å². The van der Waals surface area contributed by atoms with Crippen molar-refractivity contribution >= 4 is 15.5 Å². The van der Waals surface area contributed by atoms with Crippen molar-refractivity contribution in [3.05, 3.63) is 24.3 Å². The van der Waals surface area contributed by atoms with Crippen LogP contribution in [0.1, 0.15) is 33.1 Å². The van der Waals surface area contributed by atoms with Crippen LogP contribution in [-0.4, -0.2) is 20.2 Å². The highest BCUT2D eigenvalue weighted by Gasteiger charge is 2.33. The average molecular weight is 303 g/mol. The molecule has 1 atom stereocenters. The van der Waals surface area contributed by atoms with E-state index in [1.54, 1.807) is 12.1 Å². The normalized spacial score (nSPS) is 22.1. The Hall–Kier alpha value is -1.17. The lowest BCUT2D eigenvalue weighted by molar-refractivity contribution is 0.235. The molecule has 1 N–H and O–H groups in total. The Labute approximate surface area is 118 Å². The maximum Gasteiger partial charge on any atom is 0.341 e. The van der Waals surface area contributed by atoms with Gasteiger partial charge in [0, 0.05) is 6.04 Å². The maximum absolute atomic E-state index is 12.7. The number of sulfone groups is 1. The lowest BCUT2D eigenvalue weighted by atomic mass is 9.92. The van der Waals surface area contributed by atoms with Gasteiger partial charge in [0.15, 0.2) is 0 Å². The van der Waals surface area contributed by atoms with Crippen molar-refractivity contribution in [2.45, 2.75) is 49.8 Å². The van der Waals surface area contributed by atoms with Gasteiger partial charge in [0.05, 0.1) is 10.6 Å². The molecular weight excluding hydrogens is 284 g/mol. The van der Waals surface area contributed by atoms with Gasteiger partial charge in [-0.1, -0.05) is 26.0 Å². The van der Waals surface area contributed by atoms with Crippen molar-refractivity contribution in [3.8, 4) is 0 Å². The van der Waals surface area contributed by atoms with Crippen LogP contribution < -0.4 is 5.32 Å². The molecule has 0 spiro atoms. The Kier molecular flexibility index (Phi) is 4.04. The molecule has 112 valence electrons. The predicted octanol–water partition coefficient (Wildman–Crippen LogP) is 3.67. The van der Waals surface area contributed by atoms with Gasteiger partial charge < -0.3 is 5.32 Å². The predicted molar refractivity (Wildman–Crippen MR) is 74.7 cm³/mol. The van der Waals surface area contributed by atoms with Gasteiger partial charge in [0.1, 0.15) is 0 Å². The van der Waals surface area contributed by atoms with Crippen LogP contribution in [0.4, 0.5) is 14.5 Å². The number of nitrogens with one attached hydrogen (secondary N) is 1. The van der Waals surface area contributed by atoms with E-state index in [0.717, 1.165) is 19.3 Å². The Morgan fingerprint density at radius 3 is 2.50 bits per heavy atom. The van der Waals surface area contributed by atoms with Gasteiger partial charge in [-0.15, -0.1) is 0 Å². The van der Waals surface area contributed by atoms with E-state index < -0.39 is 15.6 Å². The van der Waals surface area contributed by atoms with Crippen molar-refractivity contribution < 1.29 is 17.2 Å². The van der Waals surface area contributed by atoms with Crippen LogP contribution in [0.2, 0.25) is 0 Å². The van der Waals surface area contributed by atoms with Gasteiger partial charge in [-0.3, -0.25) is 0 Å². The van der Waals surface area contributed by atoms with E-state index in [2.05, 4.69) is 19.2 Å². The van der Waals surface area contributed by atoms with Gasteiger partial charge in [0.25, 0.3) is 0 Å². The number of para-hydroxylation sites is 1. The van der Waals surface area contributed by atoms with Gasteiger partial charge >= 0.3 is 5.76 Å². The number of hydrogen-bond acceptors (Lipinski definition) is 3. The van der Waals surface area contributed by atoms with Gasteiger partial charge in [-0.25, -0.2) is 8.42 Å². The fourth-order valence-electron chi connectivity index (χ4n) is 2.71. The van der Waals surface area contributed by atoms with E-state index in [4.69, 9.17) is 0 Å². The fraction of sp³-hybridized carbons (Fsp3) is 0.571. The van der Waals surface area contributed by atoms with Crippen LogP contribution in [0.3, 0.4) is 0 Å². The molecule has 6 heteroatoms. The Balaban J connectivity index is 2.26. The molecule has 0 radical (unpaired) electrons. The molecule has 3 nitrogen and oxygen atoms in total. The number of benzene rings is 1.